The second-order valence-corrected chi connectivity index (χ2v) is 5.29. The number of nitrogens with one attached hydrogen (secondary N) is 1. The predicted octanol–water partition coefficient (Wildman–Crippen LogP) is 4.24. The van der Waals surface area contributed by atoms with Gasteiger partial charge in [-0.15, -0.1) is 0 Å². The molecule has 0 saturated carbocycles. The van der Waals surface area contributed by atoms with E-state index in [1.807, 2.05) is 0 Å². The first kappa shape index (κ1) is 16.2. The summed E-state index contributed by atoms with van der Waals surface area (Å²) in [7, 11) is 1.55. The Morgan fingerprint density at radius 3 is 2.64 bits per heavy atom. The van der Waals surface area contributed by atoms with E-state index < -0.39 is 0 Å². The van der Waals surface area contributed by atoms with Crippen molar-refractivity contribution in [3.8, 4) is 5.75 Å². The highest BCUT2D eigenvalue weighted by Gasteiger charge is 2.04. The molecule has 114 valence electrons. The van der Waals surface area contributed by atoms with Crippen LogP contribution in [0.2, 0.25) is 10.0 Å². The van der Waals surface area contributed by atoms with Crippen molar-refractivity contribution < 1.29 is 9.53 Å². The standard InChI is InChI=1S/C16H14Cl2N2O2/c1-22-12-5-6-15(14(19)9-12)20-16(21)7-3-10-2-4-11(17)8-13(10)18/h2-9H,19H2,1H3,(H,20,21)/b7-3+. The molecule has 2 aromatic rings. The Balaban J connectivity index is 2.08. The largest absolute Gasteiger partial charge is 0.497 e. The lowest BCUT2D eigenvalue weighted by Crippen LogP contribution is -2.09. The molecule has 2 rings (SSSR count). The van der Waals surface area contributed by atoms with Gasteiger partial charge in [0.05, 0.1) is 18.5 Å². The zero-order valence-corrected chi connectivity index (χ0v) is 13.3. The van der Waals surface area contributed by atoms with E-state index in [4.69, 9.17) is 33.7 Å². The molecule has 0 aliphatic carbocycles. The topological polar surface area (TPSA) is 64.3 Å². The van der Waals surface area contributed by atoms with Crippen LogP contribution in [0.4, 0.5) is 11.4 Å². The van der Waals surface area contributed by atoms with E-state index in [1.165, 1.54) is 6.08 Å². The van der Waals surface area contributed by atoms with Gasteiger partial charge >= 0.3 is 0 Å². The number of nitrogens with two attached hydrogens (primary N) is 1. The SMILES string of the molecule is COc1ccc(NC(=O)/C=C/c2ccc(Cl)cc2Cl)c(N)c1. The van der Waals surface area contributed by atoms with Gasteiger partial charge in [0.2, 0.25) is 5.91 Å². The zero-order chi connectivity index (χ0) is 16.1. The highest BCUT2D eigenvalue weighted by molar-refractivity contribution is 6.35. The fourth-order valence-electron chi connectivity index (χ4n) is 1.76. The number of carbonyl (C=O) groups is 1. The number of anilines is 2. The summed E-state index contributed by atoms with van der Waals surface area (Å²) in [5, 5.41) is 3.70. The number of amides is 1. The summed E-state index contributed by atoms with van der Waals surface area (Å²) < 4.78 is 5.05. The molecule has 0 fully saturated rings. The second kappa shape index (κ2) is 7.20. The molecule has 0 spiro atoms. The van der Waals surface area contributed by atoms with Crippen LogP contribution < -0.4 is 15.8 Å². The number of benzene rings is 2. The van der Waals surface area contributed by atoms with Gasteiger partial charge in [0.25, 0.3) is 0 Å². The molecule has 0 atom stereocenters. The number of nitrogen functional groups attached to an aromatic ring is 1. The predicted molar refractivity (Wildman–Crippen MR) is 91.5 cm³/mol. The fraction of sp³-hybridized carbons (Fsp3) is 0.0625. The molecule has 0 aliphatic heterocycles. The van der Waals surface area contributed by atoms with Crippen molar-refractivity contribution in [2.45, 2.75) is 0 Å². The van der Waals surface area contributed by atoms with E-state index in [-0.39, 0.29) is 5.91 Å². The van der Waals surface area contributed by atoms with E-state index in [9.17, 15) is 4.79 Å². The molecule has 0 bridgehead atoms. The normalized spacial score (nSPS) is 10.7. The van der Waals surface area contributed by atoms with Crippen molar-refractivity contribution in [1.82, 2.24) is 0 Å². The van der Waals surface area contributed by atoms with E-state index >= 15 is 0 Å². The van der Waals surface area contributed by atoms with Crippen LogP contribution in [0.25, 0.3) is 6.08 Å². The Bertz CT molecular complexity index is 730. The number of carbonyl (C=O) groups excluding carboxylic acids is 1. The quantitative estimate of drug-likeness (QED) is 0.648. The molecule has 0 unspecified atom stereocenters. The third kappa shape index (κ3) is 4.16. The van der Waals surface area contributed by atoms with Crippen LogP contribution in [0.15, 0.2) is 42.5 Å². The van der Waals surface area contributed by atoms with Gasteiger partial charge in [-0.1, -0.05) is 29.3 Å². The van der Waals surface area contributed by atoms with Gasteiger partial charge in [-0.25, -0.2) is 0 Å². The molecule has 2 aromatic carbocycles. The first-order valence-electron chi connectivity index (χ1n) is 6.37. The minimum absolute atomic E-state index is 0.317. The van der Waals surface area contributed by atoms with E-state index in [0.29, 0.717) is 32.7 Å². The summed E-state index contributed by atoms with van der Waals surface area (Å²) in [6, 6.07) is 10.1. The van der Waals surface area contributed by atoms with Crippen molar-refractivity contribution in [2.75, 3.05) is 18.2 Å². The monoisotopic (exact) mass is 336 g/mol. The molecular weight excluding hydrogens is 323 g/mol. The third-order valence-electron chi connectivity index (χ3n) is 2.89. The van der Waals surface area contributed by atoms with Gasteiger partial charge < -0.3 is 15.8 Å². The maximum Gasteiger partial charge on any atom is 0.248 e. The van der Waals surface area contributed by atoms with E-state index in [1.54, 1.807) is 49.6 Å². The number of ether oxygens (including phenoxy) is 1. The lowest BCUT2D eigenvalue weighted by atomic mass is 10.2. The smallest absolute Gasteiger partial charge is 0.248 e. The summed E-state index contributed by atoms with van der Waals surface area (Å²) in [5.41, 5.74) is 7.47. The molecule has 22 heavy (non-hydrogen) atoms. The molecule has 6 heteroatoms. The Morgan fingerprint density at radius 1 is 1.23 bits per heavy atom. The van der Waals surface area contributed by atoms with Crippen molar-refractivity contribution >= 4 is 46.6 Å². The lowest BCUT2D eigenvalue weighted by molar-refractivity contribution is -0.111. The van der Waals surface area contributed by atoms with Crippen LogP contribution in [0.3, 0.4) is 0 Å². The number of methoxy groups -OCH3 is 1. The minimum atomic E-state index is -0.317. The second-order valence-electron chi connectivity index (χ2n) is 4.44. The molecule has 1 amide bonds. The number of hydrogen-bond acceptors (Lipinski definition) is 3. The summed E-state index contributed by atoms with van der Waals surface area (Å²) in [5.74, 6) is 0.307. The van der Waals surface area contributed by atoms with Crippen LogP contribution in [0.1, 0.15) is 5.56 Å². The van der Waals surface area contributed by atoms with E-state index in [0.717, 1.165) is 0 Å². The Kier molecular flexibility index (Phi) is 5.31. The first-order valence-corrected chi connectivity index (χ1v) is 7.13. The molecular formula is C16H14Cl2N2O2. The van der Waals surface area contributed by atoms with Crippen LogP contribution in [0, 0.1) is 0 Å². The van der Waals surface area contributed by atoms with Crippen LogP contribution in [-0.4, -0.2) is 13.0 Å². The van der Waals surface area contributed by atoms with Crippen LogP contribution in [-0.2, 0) is 4.79 Å². The summed E-state index contributed by atoms with van der Waals surface area (Å²) in [6.07, 6.45) is 2.98. The highest BCUT2D eigenvalue weighted by atomic mass is 35.5. The maximum absolute atomic E-state index is 11.9. The molecule has 0 saturated heterocycles. The highest BCUT2D eigenvalue weighted by Crippen LogP contribution is 2.24. The maximum atomic E-state index is 11.9. The summed E-state index contributed by atoms with van der Waals surface area (Å²) in [4.78, 5) is 11.9. The van der Waals surface area contributed by atoms with Gasteiger partial charge in [0, 0.05) is 22.2 Å². The molecule has 0 radical (unpaired) electrons. The van der Waals surface area contributed by atoms with Crippen molar-refractivity contribution in [3.05, 3.63) is 58.1 Å². The van der Waals surface area contributed by atoms with Gasteiger partial charge in [0.15, 0.2) is 0 Å². The van der Waals surface area contributed by atoms with Gasteiger partial charge in [-0.05, 0) is 35.9 Å². The first-order chi connectivity index (χ1) is 10.5. The Morgan fingerprint density at radius 2 is 2.00 bits per heavy atom. The van der Waals surface area contributed by atoms with Crippen molar-refractivity contribution in [2.24, 2.45) is 0 Å². The molecule has 3 N–H and O–H groups in total. The molecule has 0 heterocycles. The van der Waals surface area contributed by atoms with Gasteiger partial charge in [-0.3, -0.25) is 4.79 Å². The summed E-state index contributed by atoms with van der Waals surface area (Å²) in [6.45, 7) is 0. The number of rotatable bonds is 4. The van der Waals surface area contributed by atoms with Gasteiger partial charge in [-0.2, -0.15) is 0 Å². The third-order valence-corrected chi connectivity index (χ3v) is 3.46. The van der Waals surface area contributed by atoms with Gasteiger partial charge in [0.1, 0.15) is 5.75 Å². The van der Waals surface area contributed by atoms with Crippen LogP contribution >= 0.6 is 23.2 Å². The van der Waals surface area contributed by atoms with E-state index in [2.05, 4.69) is 5.32 Å². The van der Waals surface area contributed by atoms with Crippen LogP contribution in [0.5, 0.6) is 5.75 Å². The average Bonchev–Trinajstić information content (AvgIpc) is 2.48. The van der Waals surface area contributed by atoms with Crippen molar-refractivity contribution in [3.63, 3.8) is 0 Å². The Hall–Kier alpha value is -2.17. The minimum Gasteiger partial charge on any atom is -0.497 e. The molecule has 0 aromatic heterocycles. The average molecular weight is 337 g/mol. The zero-order valence-electron chi connectivity index (χ0n) is 11.8. The summed E-state index contributed by atoms with van der Waals surface area (Å²) >= 11 is 11.8. The Labute approximate surface area is 138 Å². The number of hydrogen-bond donors (Lipinski definition) is 2. The lowest BCUT2D eigenvalue weighted by Gasteiger charge is -2.08. The fourth-order valence-corrected chi connectivity index (χ4v) is 2.23. The molecule has 0 aliphatic rings. The van der Waals surface area contributed by atoms with Crippen molar-refractivity contribution in [1.29, 1.82) is 0 Å². The number of halogens is 2. The molecule has 4 nitrogen and oxygen atoms in total.